The number of carboxylic acid groups (broad SMARTS) is 2. The highest BCUT2D eigenvalue weighted by Gasteiger charge is 2.23. The molecule has 7 nitrogen and oxygen atoms in total. The number of hydrogen-bond acceptors (Lipinski definition) is 5. The third-order valence-corrected chi connectivity index (χ3v) is 6.68. The summed E-state index contributed by atoms with van der Waals surface area (Å²) in [6, 6.07) is 22.7. The standard InChI is InChI=1S/C28H28F2N2O.C2H2O4/c29-26-9-5-24(6-10-26)28(25-7-11-27(30)12-8-25)33-18-15-21-13-16-32(17-14-21)20-23-3-1-22(19-31)2-4-23;3-1(4)2(5)6/h1-12,21,28H,13-18,20H2;(H,3,4)(H,5,6). The Labute approximate surface area is 225 Å². The van der Waals surface area contributed by atoms with Gasteiger partial charge in [0.15, 0.2) is 5.97 Å². The van der Waals surface area contributed by atoms with Gasteiger partial charge < -0.3 is 24.6 Å². The van der Waals surface area contributed by atoms with Crippen LogP contribution in [0.25, 0.3) is 0 Å². The van der Waals surface area contributed by atoms with E-state index in [2.05, 4.69) is 18.2 Å². The Morgan fingerprint density at radius 3 is 1.87 bits per heavy atom. The molecule has 0 bridgehead atoms. The summed E-state index contributed by atoms with van der Waals surface area (Å²) in [5.41, 5.74) is 3.70. The Hall–Kier alpha value is -4.13. The second kappa shape index (κ2) is 14.7. The number of nitrogens with zero attached hydrogens (tertiary/aromatic N) is 1. The molecule has 1 fully saturated rings. The first kappa shape index (κ1) is 29.4. The van der Waals surface area contributed by atoms with Gasteiger partial charge in [0, 0.05) is 12.2 Å². The van der Waals surface area contributed by atoms with Crippen molar-refractivity contribution < 1.29 is 38.2 Å². The number of halogens is 2. The van der Waals surface area contributed by atoms with Crippen LogP contribution in [0, 0.1) is 28.9 Å². The number of benzene rings is 3. The molecular weight excluding hydrogens is 506 g/mol. The molecule has 1 heterocycles. The van der Waals surface area contributed by atoms with Crippen molar-refractivity contribution in [3.8, 4) is 6.07 Å². The van der Waals surface area contributed by atoms with Gasteiger partial charge >= 0.3 is 5.97 Å². The lowest BCUT2D eigenvalue weighted by atomic mass is 9.93. The summed E-state index contributed by atoms with van der Waals surface area (Å²) in [5.74, 6) is -3.96. The molecule has 4 rings (SSSR count). The van der Waals surface area contributed by atoms with Crippen molar-refractivity contribution in [2.24, 2.45) is 5.92 Å². The second-order valence-corrected chi connectivity index (χ2v) is 9.41. The van der Waals surface area contributed by atoms with E-state index in [9.17, 15) is 8.78 Å². The number of nitriles is 1. The fourth-order valence-electron chi connectivity index (χ4n) is 4.55. The van der Waals surface area contributed by atoms with E-state index in [0.29, 0.717) is 18.1 Å². The number of ether oxygens (including phenoxy) is 1. The van der Waals surface area contributed by atoms with E-state index in [1.54, 1.807) is 29.2 Å². The molecule has 0 radical (unpaired) electrons. The minimum atomic E-state index is -2.07. The minimum Gasteiger partial charge on any atom is -0.539 e. The maximum Gasteiger partial charge on any atom is 0.351 e. The van der Waals surface area contributed by atoms with Crippen LogP contribution in [0.1, 0.15) is 47.6 Å². The normalized spacial score (nSPS) is 16.6. The van der Waals surface area contributed by atoms with Gasteiger partial charge in [0.05, 0.1) is 24.7 Å². The van der Waals surface area contributed by atoms with Crippen LogP contribution >= 0.6 is 0 Å². The topological polar surface area (TPSA) is 115 Å². The van der Waals surface area contributed by atoms with Crippen molar-refractivity contribution in [1.82, 2.24) is 0 Å². The fraction of sp³-hybridized carbons (Fsp3) is 0.300. The molecule has 0 atom stereocenters. The Morgan fingerprint density at radius 2 is 1.44 bits per heavy atom. The summed E-state index contributed by atoms with van der Waals surface area (Å²) in [7, 11) is 0. The van der Waals surface area contributed by atoms with E-state index in [1.807, 2.05) is 12.1 Å². The van der Waals surface area contributed by atoms with E-state index in [0.717, 1.165) is 50.0 Å². The van der Waals surface area contributed by atoms with Gasteiger partial charge in [0.25, 0.3) is 0 Å². The zero-order valence-electron chi connectivity index (χ0n) is 21.3. The lowest BCUT2D eigenvalue weighted by Gasteiger charge is -2.30. The summed E-state index contributed by atoms with van der Waals surface area (Å²) in [4.78, 5) is 19.6. The number of carbonyl (C=O) groups excluding carboxylic acids is 1. The van der Waals surface area contributed by atoms with Crippen LogP contribution in [0.5, 0.6) is 0 Å². The molecule has 204 valence electrons. The molecule has 0 aliphatic carbocycles. The van der Waals surface area contributed by atoms with Crippen molar-refractivity contribution in [2.75, 3.05) is 19.7 Å². The van der Waals surface area contributed by atoms with Crippen LogP contribution in [0.15, 0.2) is 72.8 Å². The number of rotatable bonds is 8. The van der Waals surface area contributed by atoms with E-state index < -0.39 is 11.9 Å². The Balaban J connectivity index is 0.000000631. The van der Waals surface area contributed by atoms with E-state index in [-0.39, 0.29) is 17.7 Å². The summed E-state index contributed by atoms with van der Waals surface area (Å²) < 4.78 is 33.1. The van der Waals surface area contributed by atoms with Crippen LogP contribution in [-0.2, 0) is 20.9 Å². The average molecular weight is 537 g/mol. The van der Waals surface area contributed by atoms with Crippen molar-refractivity contribution in [1.29, 1.82) is 5.26 Å². The predicted octanol–water partition coefficient (Wildman–Crippen LogP) is 2.65. The number of aliphatic carboxylic acids is 2. The van der Waals surface area contributed by atoms with E-state index in [1.165, 1.54) is 29.8 Å². The summed E-state index contributed by atoms with van der Waals surface area (Å²) >= 11 is 0. The first-order valence-corrected chi connectivity index (χ1v) is 12.6. The van der Waals surface area contributed by atoms with E-state index >= 15 is 0 Å². The summed E-state index contributed by atoms with van der Waals surface area (Å²) in [6.07, 6.45) is 2.95. The molecule has 0 spiro atoms. The SMILES string of the molecule is N#Cc1ccc(C[NH+]2CCC(CCOC(c3ccc(F)cc3)c3ccc(F)cc3)CC2)cc1.O=C([O-])C(=O)O. The number of piperidine rings is 1. The molecule has 1 aliphatic heterocycles. The quantitative estimate of drug-likeness (QED) is 0.428. The monoisotopic (exact) mass is 536 g/mol. The summed E-state index contributed by atoms with van der Waals surface area (Å²) in [6.45, 7) is 3.86. The molecule has 3 aromatic rings. The molecule has 1 aliphatic rings. The number of nitrogens with one attached hydrogen (secondary N) is 1. The number of hydrogen-bond donors (Lipinski definition) is 2. The van der Waals surface area contributed by atoms with Crippen LogP contribution in [0.4, 0.5) is 8.78 Å². The van der Waals surface area contributed by atoms with Crippen molar-refractivity contribution in [3.63, 3.8) is 0 Å². The zero-order chi connectivity index (χ0) is 28.2. The van der Waals surface area contributed by atoms with Crippen LogP contribution in [0.3, 0.4) is 0 Å². The molecule has 0 unspecified atom stereocenters. The first-order valence-electron chi connectivity index (χ1n) is 12.6. The highest BCUT2D eigenvalue weighted by Crippen LogP contribution is 2.28. The molecule has 0 aromatic heterocycles. The van der Waals surface area contributed by atoms with Crippen molar-refractivity contribution in [2.45, 2.75) is 31.9 Å². The Morgan fingerprint density at radius 1 is 0.949 bits per heavy atom. The predicted molar refractivity (Wildman–Crippen MR) is 136 cm³/mol. The van der Waals surface area contributed by atoms with Crippen LogP contribution in [-0.4, -0.2) is 36.7 Å². The van der Waals surface area contributed by atoms with Gasteiger partial charge in [-0.2, -0.15) is 5.26 Å². The molecule has 9 heteroatoms. The lowest BCUT2D eigenvalue weighted by Crippen LogP contribution is -3.11. The molecule has 3 aromatic carbocycles. The average Bonchev–Trinajstić information content (AvgIpc) is 2.94. The van der Waals surface area contributed by atoms with Gasteiger partial charge in [-0.25, -0.2) is 13.6 Å². The Kier molecular flexibility index (Phi) is 11.1. The molecule has 0 amide bonds. The second-order valence-electron chi connectivity index (χ2n) is 9.41. The number of carbonyl (C=O) groups is 2. The summed E-state index contributed by atoms with van der Waals surface area (Å²) in [5, 5.41) is 25.3. The van der Waals surface area contributed by atoms with Gasteiger partial charge in [-0.1, -0.05) is 36.4 Å². The third-order valence-electron chi connectivity index (χ3n) is 6.68. The van der Waals surface area contributed by atoms with Crippen molar-refractivity contribution in [3.05, 3.63) is 107 Å². The molecule has 2 N–H and O–H groups in total. The number of quaternary nitrogens is 1. The fourth-order valence-corrected chi connectivity index (χ4v) is 4.55. The molecule has 1 saturated heterocycles. The van der Waals surface area contributed by atoms with E-state index in [4.69, 9.17) is 29.8 Å². The maximum atomic E-state index is 13.4. The van der Waals surface area contributed by atoms with Gasteiger partial charge in [0.2, 0.25) is 0 Å². The van der Waals surface area contributed by atoms with Crippen molar-refractivity contribution >= 4 is 11.9 Å². The molecule has 0 saturated carbocycles. The van der Waals surface area contributed by atoms with Gasteiger partial charge in [-0.05, 0) is 72.7 Å². The van der Waals surface area contributed by atoms with Crippen LogP contribution in [0.2, 0.25) is 0 Å². The third kappa shape index (κ3) is 9.60. The smallest absolute Gasteiger partial charge is 0.351 e. The Bertz CT molecular complexity index is 1190. The number of likely N-dealkylation sites (tertiary alicyclic amines) is 1. The molecular formula is C30H30F2N2O5. The highest BCUT2D eigenvalue weighted by atomic mass is 19.1. The molecule has 39 heavy (non-hydrogen) atoms. The van der Waals surface area contributed by atoms with Gasteiger partial charge in [-0.15, -0.1) is 0 Å². The largest absolute Gasteiger partial charge is 0.539 e. The zero-order valence-corrected chi connectivity index (χ0v) is 21.3. The lowest BCUT2D eigenvalue weighted by molar-refractivity contribution is -0.919. The van der Waals surface area contributed by atoms with Gasteiger partial charge in [-0.3, -0.25) is 0 Å². The van der Waals surface area contributed by atoms with Crippen LogP contribution < -0.4 is 10.0 Å². The van der Waals surface area contributed by atoms with Gasteiger partial charge in [0.1, 0.15) is 24.3 Å². The number of carboxylic acids is 2. The maximum absolute atomic E-state index is 13.4. The first-order chi connectivity index (χ1) is 18.7. The minimum absolute atomic E-state index is 0.285. The highest BCUT2D eigenvalue weighted by molar-refractivity contribution is 6.26.